The first-order chi connectivity index (χ1) is 5.83. The summed E-state index contributed by atoms with van der Waals surface area (Å²) in [4.78, 5) is 9.71. The van der Waals surface area contributed by atoms with Gasteiger partial charge in [-0.1, -0.05) is 6.08 Å². The van der Waals surface area contributed by atoms with Crippen LogP contribution in [-0.2, 0) is 14.9 Å². The van der Waals surface area contributed by atoms with Gasteiger partial charge in [0.15, 0.2) is 0 Å². The lowest BCUT2D eigenvalue weighted by atomic mass is 10.3. The van der Waals surface area contributed by atoms with Crippen molar-refractivity contribution in [2.45, 2.75) is 19.8 Å². The first-order valence-electron chi connectivity index (χ1n) is 3.61. The maximum atomic E-state index is 9.71. The molecule has 6 heteroatoms. The Bertz CT molecular complexity index is 242. The predicted octanol–water partition coefficient (Wildman–Crippen LogP) is 0.931. The summed E-state index contributed by atoms with van der Waals surface area (Å²) in [5, 5.41) is 8.00. The van der Waals surface area contributed by atoms with Crippen LogP contribution in [0.1, 0.15) is 19.8 Å². The van der Waals surface area contributed by atoms with Crippen molar-refractivity contribution >= 4 is 16.1 Å². The lowest BCUT2D eigenvalue weighted by molar-refractivity contribution is -0.136. The zero-order valence-corrected chi connectivity index (χ0v) is 8.25. The van der Waals surface area contributed by atoms with Crippen molar-refractivity contribution in [2.75, 3.05) is 5.75 Å². The first-order valence-corrected chi connectivity index (χ1v) is 5.22. The molecule has 0 amide bonds. The number of carboxylic acids is 1. The average Bonchev–Trinajstić information content (AvgIpc) is 2.01. The number of carboxylic acid groups (broad SMARTS) is 1. The largest absolute Gasteiger partial charge is 0.481 e. The van der Waals surface area contributed by atoms with Gasteiger partial charge in [-0.05, 0) is 13.3 Å². The minimum atomic E-state index is -3.66. The molecule has 78 valence electrons. The number of hydrogen-bond donors (Lipinski definition) is 2. The van der Waals surface area contributed by atoms with Crippen LogP contribution in [-0.4, -0.2) is 29.8 Å². The first kappa shape index (κ1) is 14.6. The quantitative estimate of drug-likeness (QED) is 0.532. The summed E-state index contributed by atoms with van der Waals surface area (Å²) in [7, 11) is -3.66. The molecule has 0 fully saturated rings. The number of hydrogen-bond acceptors (Lipinski definition) is 3. The highest BCUT2D eigenvalue weighted by Crippen LogP contribution is 1.86. The van der Waals surface area contributed by atoms with E-state index < -0.39 is 16.1 Å². The minimum Gasteiger partial charge on any atom is -0.481 e. The monoisotopic (exact) mass is 210 g/mol. The number of aliphatic carboxylic acids is 1. The maximum absolute atomic E-state index is 9.71. The van der Waals surface area contributed by atoms with Crippen LogP contribution in [0.25, 0.3) is 0 Å². The molecule has 2 N–H and O–H groups in total. The van der Waals surface area contributed by atoms with Crippen molar-refractivity contribution in [3.8, 4) is 0 Å². The molecule has 0 spiro atoms. The highest BCUT2D eigenvalue weighted by molar-refractivity contribution is 7.85. The highest BCUT2D eigenvalue weighted by atomic mass is 32.2. The van der Waals surface area contributed by atoms with Crippen molar-refractivity contribution < 1.29 is 22.9 Å². The SMILES string of the molecule is C=CCCC(=O)O.CCS(=O)(=O)O. The van der Waals surface area contributed by atoms with E-state index in [1.807, 2.05) is 0 Å². The van der Waals surface area contributed by atoms with Gasteiger partial charge in [-0.25, -0.2) is 0 Å². The molecule has 0 saturated heterocycles. The van der Waals surface area contributed by atoms with Gasteiger partial charge in [-0.2, -0.15) is 8.42 Å². The van der Waals surface area contributed by atoms with Crippen LogP contribution in [0.15, 0.2) is 12.7 Å². The van der Waals surface area contributed by atoms with Crippen LogP contribution >= 0.6 is 0 Å². The zero-order chi connectivity index (χ0) is 10.9. The summed E-state index contributed by atoms with van der Waals surface area (Å²) in [5.41, 5.74) is 0. The van der Waals surface area contributed by atoms with Crippen molar-refractivity contribution in [1.82, 2.24) is 0 Å². The van der Waals surface area contributed by atoms with E-state index in [9.17, 15) is 13.2 Å². The second kappa shape index (κ2) is 7.75. The Hall–Kier alpha value is -0.880. The molecule has 0 bridgehead atoms. The molecule has 0 aliphatic carbocycles. The lowest BCUT2D eigenvalue weighted by Crippen LogP contribution is -1.97. The second-order valence-corrected chi connectivity index (χ2v) is 3.83. The van der Waals surface area contributed by atoms with E-state index in [2.05, 4.69) is 6.58 Å². The van der Waals surface area contributed by atoms with E-state index in [0.29, 0.717) is 6.42 Å². The average molecular weight is 210 g/mol. The van der Waals surface area contributed by atoms with E-state index in [1.54, 1.807) is 6.08 Å². The number of allylic oxidation sites excluding steroid dienone is 1. The zero-order valence-electron chi connectivity index (χ0n) is 7.43. The molecule has 13 heavy (non-hydrogen) atoms. The summed E-state index contributed by atoms with van der Waals surface area (Å²) in [6.07, 6.45) is 2.35. The molecule has 0 aromatic rings. The van der Waals surface area contributed by atoms with Gasteiger partial charge < -0.3 is 5.11 Å². The molecule has 0 unspecified atom stereocenters. The molecule has 0 aliphatic heterocycles. The number of rotatable bonds is 4. The van der Waals surface area contributed by atoms with Crippen LogP contribution in [0.4, 0.5) is 0 Å². The van der Waals surface area contributed by atoms with Crippen molar-refractivity contribution in [2.24, 2.45) is 0 Å². The minimum absolute atomic E-state index is 0.198. The highest BCUT2D eigenvalue weighted by Gasteiger charge is 1.93. The molecule has 0 aliphatic rings. The fourth-order valence-electron chi connectivity index (χ4n) is 0.226. The van der Waals surface area contributed by atoms with Crippen LogP contribution in [0.3, 0.4) is 0 Å². The van der Waals surface area contributed by atoms with Gasteiger partial charge in [0.2, 0.25) is 0 Å². The molecule has 0 saturated carbocycles. The topological polar surface area (TPSA) is 91.7 Å². The van der Waals surface area contributed by atoms with Gasteiger partial charge in [-0.15, -0.1) is 6.58 Å². The summed E-state index contributed by atoms with van der Waals surface area (Å²) >= 11 is 0. The predicted molar refractivity (Wildman–Crippen MR) is 49.2 cm³/mol. The standard InChI is InChI=1S/C5H8O2.C2H6O3S/c1-2-3-4-5(6)7;1-2-6(3,4)5/h2H,1,3-4H2,(H,6,7);2H2,1H3,(H,3,4,5). The molecule has 0 heterocycles. The fraction of sp³-hybridized carbons (Fsp3) is 0.571. The van der Waals surface area contributed by atoms with Crippen LogP contribution in [0.5, 0.6) is 0 Å². The molecule has 0 aromatic carbocycles. The van der Waals surface area contributed by atoms with Gasteiger partial charge in [0.05, 0.1) is 5.75 Å². The van der Waals surface area contributed by atoms with Crippen molar-refractivity contribution in [1.29, 1.82) is 0 Å². The van der Waals surface area contributed by atoms with Crippen LogP contribution < -0.4 is 0 Å². The molecular weight excluding hydrogens is 196 g/mol. The Balaban J connectivity index is 0. The lowest BCUT2D eigenvalue weighted by Gasteiger charge is -1.82. The van der Waals surface area contributed by atoms with E-state index in [0.717, 1.165) is 0 Å². The molecule has 0 rings (SSSR count). The summed E-state index contributed by atoms with van der Waals surface area (Å²) < 4.78 is 26.9. The molecule has 0 atom stereocenters. The van der Waals surface area contributed by atoms with Gasteiger partial charge in [0, 0.05) is 6.42 Å². The smallest absolute Gasteiger partial charge is 0.303 e. The van der Waals surface area contributed by atoms with Crippen molar-refractivity contribution in [3.63, 3.8) is 0 Å². The van der Waals surface area contributed by atoms with Gasteiger partial charge in [0.1, 0.15) is 0 Å². The number of carbonyl (C=O) groups is 1. The van der Waals surface area contributed by atoms with E-state index in [4.69, 9.17) is 9.66 Å². The van der Waals surface area contributed by atoms with E-state index in [1.165, 1.54) is 6.92 Å². The van der Waals surface area contributed by atoms with Gasteiger partial charge in [0.25, 0.3) is 10.1 Å². The van der Waals surface area contributed by atoms with Gasteiger partial charge in [-0.3, -0.25) is 9.35 Å². The summed E-state index contributed by atoms with van der Waals surface area (Å²) in [5.74, 6) is -0.965. The second-order valence-electron chi connectivity index (χ2n) is 2.09. The normalized spacial score (nSPS) is 9.69. The van der Waals surface area contributed by atoms with E-state index >= 15 is 0 Å². The molecule has 5 nitrogen and oxygen atoms in total. The van der Waals surface area contributed by atoms with Crippen molar-refractivity contribution in [3.05, 3.63) is 12.7 Å². The third-order valence-electron chi connectivity index (χ3n) is 0.927. The Morgan fingerprint density at radius 1 is 1.54 bits per heavy atom. The maximum Gasteiger partial charge on any atom is 0.303 e. The Labute approximate surface area is 77.8 Å². The van der Waals surface area contributed by atoms with Crippen LogP contribution in [0.2, 0.25) is 0 Å². The molecule has 0 radical (unpaired) electrons. The van der Waals surface area contributed by atoms with Crippen LogP contribution in [0, 0.1) is 0 Å². The van der Waals surface area contributed by atoms with Gasteiger partial charge >= 0.3 is 5.97 Å². The Morgan fingerprint density at radius 3 is 2.00 bits per heavy atom. The molecular formula is C7H14O5S. The van der Waals surface area contributed by atoms with E-state index in [-0.39, 0.29) is 12.2 Å². The fourth-order valence-corrected chi connectivity index (χ4v) is 0.226. The Morgan fingerprint density at radius 2 is 1.92 bits per heavy atom. The summed E-state index contributed by atoms with van der Waals surface area (Å²) in [6, 6.07) is 0. The summed E-state index contributed by atoms with van der Waals surface area (Å²) in [6.45, 7) is 4.74. The third kappa shape index (κ3) is 24.7. The third-order valence-corrected chi connectivity index (χ3v) is 1.66. The molecule has 0 aromatic heterocycles. The Kier molecular flexibility index (Phi) is 8.73.